The van der Waals surface area contributed by atoms with Crippen LogP contribution in [0.25, 0.3) is 0 Å². The first-order valence-electron chi connectivity index (χ1n) is 5.68. The van der Waals surface area contributed by atoms with Crippen molar-refractivity contribution >= 4 is 17.7 Å². The van der Waals surface area contributed by atoms with Crippen LogP contribution in [-0.4, -0.2) is 45.5 Å². The Morgan fingerprint density at radius 3 is 3.24 bits per heavy atom. The number of likely N-dealkylation sites (tertiary alicyclic amines) is 1. The van der Waals surface area contributed by atoms with E-state index in [1.807, 2.05) is 11.2 Å². The molecule has 2 rings (SSSR count). The maximum atomic E-state index is 12.2. The summed E-state index contributed by atoms with van der Waals surface area (Å²) in [5.74, 6) is 0.756. The van der Waals surface area contributed by atoms with E-state index in [-0.39, 0.29) is 23.4 Å². The highest BCUT2D eigenvalue weighted by atomic mass is 32.2. The molecule has 2 heterocycles. The van der Waals surface area contributed by atoms with Gasteiger partial charge in [-0.15, -0.1) is 0 Å². The number of hydrogen-bond acceptors (Lipinski definition) is 4. The molecule has 1 aliphatic rings. The van der Waals surface area contributed by atoms with Crippen LogP contribution in [0.15, 0.2) is 18.3 Å². The van der Waals surface area contributed by atoms with Gasteiger partial charge in [0.05, 0.1) is 0 Å². The minimum atomic E-state index is -0.153. The molecule has 1 saturated heterocycles. The number of carbonyl (C=O) groups excluding carboxylic acids is 1. The van der Waals surface area contributed by atoms with Crippen LogP contribution in [0.5, 0.6) is 5.75 Å². The van der Waals surface area contributed by atoms with Gasteiger partial charge in [-0.1, -0.05) is 0 Å². The number of nitrogens with zero attached hydrogens (tertiary/aromatic N) is 2. The average Bonchev–Trinajstić information content (AvgIpc) is 2.78. The average molecular weight is 252 g/mol. The molecule has 1 N–H and O–H groups in total. The molecule has 1 aromatic heterocycles. The molecule has 0 radical (unpaired) electrons. The van der Waals surface area contributed by atoms with Gasteiger partial charge in [-0.3, -0.25) is 4.79 Å². The van der Waals surface area contributed by atoms with Crippen LogP contribution in [0.2, 0.25) is 0 Å². The lowest BCUT2D eigenvalue weighted by Gasteiger charge is -2.23. The largest absolute Gasteiger partial charge is 0.505 e. The van der Waals surface area contributed by atoms with Crippen LogP contribution < -0.4 is 0 Å². The molecule has 0 unspecified atom stereocenters. The molecule has 1 aromatic rings. The number of pyridine rings is 1. The molecule has 1 fully saturated rings. The Morgan fingerprint density at radius 1 is 1.71 bits per heavy atom. The van der Waals surface area contributed by atoms with Gasteiger partial charge >= 0.3 is 0 Å². The standard InChI is InChI=1S/C12H16N2O2S/c1-17-8-9-4-3-7-14(9)12(16)11-10(15)5-2-6-13-11/h2,5-6,9,15H,3-4,7-8H2,1H3/t9-/m1/s1. The molecule has 0 saturated carbocycles. The smallest absolute Gasteiger partial charge is 0.276 e. The minimum absolute atomic E-state index is 0.0349. The first-order chi connectivity index (χ1) is 8.24. The molecule has 1 amide bonds. The number of rotatable bonds is 3. The Bertz CT molecular complexity index is 411. The fourth-order valence-electron chi connectivity index (χ4n) is 2.17. The molecule has 17 heavy (non-hydrogen) atoms. The summed E-state index contributed by atoms with van der Waals surface area (Å²) in [6, 6.07) is 3.40. The van der Waals surface area contributed by atoms with Gasteiger partial charge in [0, 0.05) is 24.5 Å². The highest BCUT2D eigenvalue weighted by Crippen LogP contribution is 2.24. The van der Waals surface area contributed by atoms with Gasteiger partial charge < -0.3 is 10.0 Å². The molecular formula is C12H16N2O2S. The number of carbonyl (C=O) groups is 1. The van der Waals surface area contributed by atoms with E-state index in [9.17, 15) is 9.90 Å². The maximum Gasteiger partial charge on any atom is 0.276 e. The summed E-state index contributed by atoms with van der Waals surface area (Å²) < 4.78 is 0. The fourth-order valence-corrected chi connectivity index (χ4v) is 2.90. The normalized spacial score (nSPS) is 19.6. The van der Waals surface area contributed by atoms with Gasteiger partial charge in [0.25, 0.3) is 5.91 Å². The Balaban J connectivity index is 2.17. The number of hydrogen-bond donors (Lipinski definition) is 1. The molecule has 0 aromatic carbocycles. The van der Waals surface area contributed by atoms with Crippen molar-refractivity contribution in [3.05, 3.63) is 24.0 Å². The Kier molecular flexibility index (Phi) is 3.89. The summed E-state index contributed by atoms with van der Waals surface area (Å²) in [5.41, 5.74) is 0.167. The molecule has 0 bridgehead atoms. The van der Waals surface area contributed by atoms with E-state index in [1.165, 1.54) is 12.3 Å². The van der Waals surface area contributed by atoms with E-state index >= 15 is 0 Å². The van der Waals surface area contributed by atoms with Gasteiger partial charge in [-0.2, -0.15) is 11.8 Å². The monoisotopic (exact) mass is 252 g/mol. The van der Waals surface area contributed by atoms with E-state index in [2.05, 4.69) is 4.98 Å². The van der Waals surface area contributed by atoms with Gasteiger partial charge in [0.1, 0.15) is 5.75 Å². The Labute approximate surface area is 105 Å². The third kappa shape index (κ3) is 2.54. The highest BCUT2D eigenvalue weighted by molar-refractivity contribution is 7.98. The van der Waals surface area contributed by atoms with Crippen molar-refractivity contribution in [1.29, 1.82) is 0 Å². The van der Waals surface area contributed by atoms with Crippen LogP contribution >= 0.6 is 11.8 Å². The molecule has 92 valence electrons. The molecule has 0 aliphatic carbocycles. The summed E-state index contributed by atoms with van der Waals surface area (Å²) in [5, 5.41) is 9.64. The summed E-state index contributed by atoms with van der Waals surface area (Å²) >= 11 is 1.74. The fraction of sp³-hybridized carbons (Fsp3) is 0.500. The zero-order valence-electron chi connectivity index (χ0n) is 9.80. The predicted molar refractivity (Wildman–Crippen MR) is 68.3 cm³/mol. The first-order valence-corrected chi connectivity index (χ1v) is 7.07. The van der Waals surface area contributed by atoms with Gasteiger partial charge in [0.2, 0.25) is 0 Å². The summed E-state index contributed by atoms with van der Waals surface area (Å²) in [6.45, 7) is 0.764. The van der Waals surface area contributed by atoms with E-state index < -0.39 is 0 Å². The van der Waals surface area contributed by atoms with Gasteiger partial charge in [-0.05, 0) is 31.2 Å². The predicted octanol–water partition coefficient (Wildman–Crippen LogP) is 1.75. The molecule has 5 heteroatoms. The van der Waals surface area contributed by atoms with Crippen LogP contribution in [0.3, 0.4) is 0 Å². The second-order valence-corrected chi connectivity index (χ2v) is 5.03. The van der Waals surface area contributed by atoms with Crippen molar-refractivity contribution in [2.75, 3.05) is 18.6 Å². The first kappa shape index (κ1) is 12.2. The Morgan fingerprint density at radius 2 is 2.53 bits per heavy atom. The topological polar surface area (TPSA) is 53.4 Å². The number of aromatic nitrogens is 1. The highest BCUT2D eigenvalue weighted by Gasteiger charge is 2.30. The Hall–Kier alpha value is -1.23. The molecule has 1 atom stereocenters. The van der Waals surface area contributed by atoms with Crippen molar-refractivity contribution < 1.29 is 9.90 Å². The van der Waals surface area contributed by atoms with Crippen LogP contribution in [-0.2, 0) is 0 Å². The summed E-state index contributed by atoms with van der Waals surface area (Å²) in [7, 11) is 0. The van der Waals surface area contributed by atoms with E-state index in [1.54, 1.807) is 17.8 Å². The van der Waals surface area contributed by atoms with Crippen LogP contribution in [0.1, 0.15) is 23.3 Å². The molecular weight excluding hydrogens is 236 g/mol. The lowest BCUT2D eigenvalue weighted by Crippen LogP contribution is -2.37. The number of thioether (sulfide) groups is 1. The summed E-state index contributed by atoms with van der Waals surface area (Å²) in [4.78, 5) is 18.0. The molecule has 4 nitrogen and oxygen atoms in total. The second-order valence-electron chi connectivity index (χ2n) is 4.12. The minimum Gasteiger partial charge on any atom is -0.505 e. The maximum absolute atomic E-state index is 12.2. The number of aromatic hydroxyl groups is 1. The van der Waals surface area contributed by atoms with E-state index in [0.717, 1.165) is 25.1 Å². The third-order valence-corrected chi connectivity index (χ3v) is 3.70. The lowest BCUT2D eigenvalue weighted by molar-refractivity contribution is 0.0740. The van der Waals surface area contributed by atoms with Crippen molar-refractivity contribution in [3.8, 4) is 5.75 Å². The van der Waals surface area contributed by atoms with E-state index in [4.69, 9.17) is 0 Å². The molecule has 0 spiro atoms. The van der Waals surface area contributed by atoms with Gasteiger partial charge in [-0.25, -0.2) is 4.98 Å². The lowest BCUT2D eigenvalue weighted by atomic mass is 10.2. The van der Waals surface area contributed by atoms with E-state index in [0.29, 0.717) is 0 Å². The summed E-state index contributed by atoms with van der Waals surface area (Å²) in [6.07, 6.45) is 5.65. The van der Waals surface area contributed by atoms with Crippen LogP contribution in [0, 0.1) is 0 Å². The molecule has 1 aliphatic heterocycles. The van der Waals surface area contributed by atoms with Gasteiger partial charge in [0.15, 0.2) is 5.69 Å². The zero-order chi connectivity index (χ0) is 12.3. The van der Waals surface area contributed by atoms with Crippen LogP contribution in [0.4, 0.5) is 0 Å². The van der Waals surface area contributed by atoms with Crippen molar-refractivity contribution in [2.45, 2.75) is 18.9 Å². The third-order valence-electron chi connectivity index (χ3n) is 2.99. The SMILES string of the molecule is CSC[C@H]1CCCN1C(=O)c1ncccc1O. The quantitative estimate of drug-likeness (QED) is 0.890. The zero-order valence-corrected chi connectivity index (χ0v) is 10.6. The number of amides is 1. The van der Waals surface area contributed by atoms with Crippen molar-refractivity contribution in [3.63, 3.8) is 0 Å². The van der Waals surface area contributed by atoms with Crippen molar-refractivity contribution in [1.82, 2.24) is 9.88 Å². The van der Waals surface area contributed by atoms with Crippen molar-refractivity contribution in [2.24, 2.45) is 0 Å². The second kappa shape index (κ2) is 5.40.